The van der Waals surface area contributed by atoms with Crippen molar-refractivity contribution in [2.24, 2.45) is 0 Å². The molecule has 178 valence electrons. The fourth-order valence-electron chi connectivity index (χ4n) is 4.71. The van der Waals surface area contributed by atoms with Crippen molar-refractivity contribution in [2.45, 2.75) is 59.2 Å². The lowest BCUT2D eigenvalue weighted by molar-refractivity contribution is 0.0293. The van der Waals surface area contributed by atoms with Gasteiger partial charge in [0.25, 0.3) is 0 Å². The van der Waals surface area contributed by atoms with Gasteiger partial charge >= 0.3 is 6.09 Å². The summed E-state index contributed by atoms with van der Waals surface area (Å²) in [7, 11) is 0. The van der Waals surface area contributed by atoms with Gasteiger partial charge in [-0.2, -0.15) is 0 Å². The SMILES string of the molecule is Cc1cc2c(cc(NC3CCN(C(=O)OC(C)(C)C)C3)c3nnc(C)n32)n1Cc1ccccc1. The molecule has 1 amide bonds. The summed E-state index contributed by atoms with van der Waals surface area (Å²) in [4.78, 5) is 14.3. The molecule has 5 rings (SSSR count). The number of nitrogens with zero attached hydrogens (tertiary/aromatic N) is 5. The van der Waals surface area contributed by atoms with Crippen LogP contribution in [0.3, 0.4) is 0 Å². The number of hydrogen-bond donors (Lipinski definition) is 1. The van der Waals surface area contributed by atoms with E-state index >= 15 is 0 Å². The lowest BCUT2D eigenvalue weighted by Gasteiger charge is -2.24. The van der Waals surface area contributed by atoms with Crippen LogP contribution in [0.4, 0.5) is 10.5 Å². The number of nitrogens with one attached hydrogen (secondary N) is 1. The second-order valence-corrected chi connectivity index (χ2v) is 10.1. The molecule has 1 fully saturated rings. The maximum Gasteiger partial charge on any atom is 0.410 e. The summed E-state index contributed by atoms with van der Waals surface area (Å²) in [6.07, 6.45) is 0.587. The van der Waals surface area contributed by atoms with Gasteiger partial charge in [0.15, 0.2) is 5.65 Å². The molecule has 1 aliphatic heterocycles. The summed E-state index contributed by atoms with van der Waals surface area (Å²) in [6.45, 7) is 11.8. The number of rotatable bonds is 4. The van der Waals surface area contributed by atoms with Gasteiger partial charge in [-0.3, -0.25) is 4.40 Å². The van der Waals surface area contributed by atoms with Gasteiger partial charge in [-0.1, -0.05) is 30.3 Å². The fraction of sp³-hybridized carbons (Fsp3) is 0.423. The molecule has 4 heterocycles. The maximum atomic E-state index is 12.5. The van der Waals surface area contributed by atoms with Gasteiger partial charge in [0.05, 0.1) is 16.7 Å². The smallest absolute Gasteiger partial charge is 0.410 e. The van der Waals surface area contributed by atoms with Crippen molar-refractivity contribution in [3.8, 4) is 0 Å². The van der Waals surface area contributed by atoms with E-state index in [9.17, 15) is 4.79 Å². The molecule has 1 aromatic carbocycles. The quantitative estimate of drug-likeness (QED) is 0.475. The van der Waals surface area contributed by atoms with Crippen LogP contribution in [0.2, 0.25) is 0 Å². The molecule has 34 heavy (non-hydrogen) atoms. The normalized spacial score (nSPS) is 16.5. The monoisotopic (exact) mass is 460 g/mol. The Balaban J connectivity index is 1.48. The van der Waals surface area contributed by atoms with E-state index in [4.69, 9.17) is 4.74 Å². The average Bonchev–Trinajstić information content (AvgIpc) is 3.47. The summed E-state index contributed by atoms with van der Waals surface area (Å²) in [5.74, 6) is 0.849. The lowest BCUT2D eigenvalue weighted by atomic mass is 10.2. The molecular formula is C26H32N6O2. The number of ether oxygens (including phenoxy) is 1. The Bertz CT molecular complexity index is 1350. The van der Waals surface area contributed by atoms with Crippen molar-refractivity contribution in [1.82, 2.24) is 24.1 Å². The molecule has 4 aromatic rings. The van der Waals surface area contributed by atoms with E-state index in [1.807, 2.05) is 33.8 Å². The van der Waals surface area contributed by atoms with E-state index < -0.39 is 5.60 Å². The van der Waals surface area contributed by atoms with Crippen molar-refractivity contribution in [2.75, 3.05) is 18.4 Å². The van der Waals surface area contributed by atoms with E-state index in [0.717, 1.165) is 41.2 Å². The number of amides is 1. The zero-order chi connectivity index (χ0) is 24.0. The third-order valence-electron chi connectivity index (χ3n) is 6.30. The van der Waals surface area contributed by atoms with Crippen molar-refractivity contribution in [1.29, 1.82) is 0 Å². The van der Waals surface area contributed by atoms with Crippen LogP contribution >= 0.6 is 0 Å². The van der Waals surface area contributed by atoms with Gasteiger partial charge in [0, 0.05) is 31.4 Å². The van der Waals surface area contributed by atoms with Gasteiger partial charge < -0.3 is 19.5 Å². The summed E-state index contributed by atoms with van der Waals surface area (Å²) < 4.78 is 10.0. The number of pyridine rings is 1. The van der Waals surface area contributed by atoms with Crippen molar-refractivity contribution < 1.29 is 9.53 Å². The number of fused-ring (bicyclic) bond motifs is 3. The first kappa shape index (κ1) is 22.3. The predicted octanol–water partition coefficient (Wildman–Crippen LogP) is 4.77. The third kappa shape index (κ3) is 4.20. The van der Waals surface area contributed by atoms with E-state index in [2.05, 4.69) is 67.8 Å². The van der Waals surface area contributed by atoms with Crippen molar-refractivity contribution >= 4 is 28.5 Å². The molecule has 1 atom stereocenters. The van der Waals surface area contributed by atoms with Crippen LogP contribution in [0.25, 0.3) is 16.7 Å². The highest BCUT2D eigenvalue weighted by Gasteiger charge is 2.30. The minimum absolute atomic E-state index is 0.115. The highest BCUT2D eigenvalue weighted by Crippen LogP contribution is 2.30. The second kappa shape index (κ2) is 8.34. The summed E-state index contributed by atoms with van der Waals surface area (Å²) in [5.41, 5.74) is 5.89. The highest BCUT2D eigenvalue weighted by molar-refractivity contribution is 5.88. The van der Waals surface area contributed by atoms with Gasteiger partial charge in [-0.15, -0.1) is 10.2 Å². The van der Waals surface area contributed by atoms with E-state index in [0.29, 0.717) is 13.1 Å². The molecule has 0 bridgehead atoms. The van der Waals surface area contributed by atoms with Crippen LogP contribution in [0.5, 0.6) is 0 Å². The Kier molecular flexibility index (Phi) is 5.46. The van der Waals surface area contributed by atoms with Crippen LogP contribution in [0, 0.1) is 13.8 Å². The van der Waals surface area contributed by atoms with Gasteiger partial charge in [0.1, 0.15) is 11.4 Å². The maximum absolute atomic E-state index is 12.5. The third-order valence-corrected chi connectivity index (χ3v) is 6.30. The van der Waals surface area contributed by atoms with E-state index in [-0.39, 0.29) is 12.1 Å². The minimum Gasteiger partial charge on any atom is -0.444 e. The first-order chi connectivity index (χ1) is 16.2. The van der Waals surface area contributed by atoms with Gasteiger partial charge in [-0.05, 0) is 58.7 Å². The minimum atomic E-state index is -0.499. The number of likely N-dealkylation sites (tertiary alicyclic amines) is 1. The fourth-order valence-corrected chi connectivity index (χ4v) is 4.71. The first-order valence-electron chi connectivity index (χ1n) is 11.8. The molecule has 1 unspecified atom stereocenters. The molecule has 8 heteroatoms. The average molecular weight is 461 g/mol. The van der Waals surface area contributed by atoms with Crippen LogP contribution in [-0.2, 0) is 11.3 Å². The molecule has 0 aliphatic carbocycles. The molecule has 3 aromatic heterocycles. The molecule has 1 saturated heterocycles. The van der Waals surface area contributed by atoms with Crippen LogP contribution < -0.4 is 5.32 Å². The van der Waals surface area contributed by atoms with Crippen LogP contribution in [-0.4, -0.2) is 54.9 Å². The summed E-state index contributed by atoms with van der Waals surface area (Å²) >= 11 is 0. The lowest BCUT2D eigenvalue weighted by Crippen LogP contribution is -2.36. The number of aryl methyl sites for hydroxylation is 2. The van der Waals surface area contributed by atoms with Crippen LogP contribution in [0.1, 0.15) is 44.3 Å². The van der Waals surface area contributed by atoms with Crippen molar-refractivity contribution in [3.63, 3.8) is 0 Å². The zero-order valence-electron chi connectivity index (χ0n) is 20.5. The van der Waals surface area contributed by atoms with Crippen molar-refractivity contribution in [3.05, 3.63) is 59.5 Å². The molecule has 1 aliphatic rings. The zero-order valence-corrected chi connectivity index (χ0v) is 20.5. The Hall–Kier alpha value is -3.55. The molecular weight excluding hydrogens is 428 g/mol. The Labute approximate surface area is 199 Å². The van der Waals surface area contributed by atoms with Gasteiger partial charge in [0.2, 0.25) is 0 Å². The standard InChI is InChI=1S/C26H32N6O2/c1-17-13-23-22(31(17)15-19-9-7-6-8-10-19)14-21(24-29-28-18(2)32(23)24)27-20-11-12-30(16-20)25(33)34-26(3,4)5/h6-10,13-14,20,27H,11-12,15-16H2,1-5H3. The first-order valence-corrected chi connectivity index (χ1v) is 11.8. The largest absolute Gasteiger partial charge is 0.444 e. The predicted molar refractivity (Wildman–Crippen MR) is 133 cm³/mol. The topological polar surface area (TPSA) is 76.7 Å². The molecule has 0 radical (unpaired) electrons. The second-order valence-electron chi connectivity index (χ2n) is 10.1. The van der Waals surface area contributed by atoms with Crippen LogP contribution in [0.15, 0.2) is 42.5 Å². The number of anilines is 1. The van der Waals surface area contributed by atoms with E-state index in [1.165, 1.54) is 11.3 Å². The molecule has 0 spiro atoms. The Morgan fingerprint density at radius 3 is 2.62 bits per heavy atom. The number of hydrogen-bond acceptors (Lipinski definition) is 5. The molecule has 8 nitrogen and oxygen atoms in total. The number of carbonyl (C=O) groups excluding carboxylic acids is 1. The highest BCUT2D eigenvalue weighted by atomic mass is 16.6. The molecule has 0 saturated carbocycles. The summed E-state index contributed by atoms with van der Waals surface area (Å²) in [5, 5.41) is 12.5. The summed E-state index contributed by atoms with van der Waals surface area (Å²) in [6, 6.07) is 15.0. The Morgan fingerprint density at radius 2 is 1.88 bits per heavy atom. The Morgan fingerprint density at radius 1 is 1.12 bits per heavy atom. The molecule has 1 N–H and O–H groups in total. The van der Waals surface area contributed by atoms with E-state index in [1.54, 1.807) is 4.90 Å². The number of aromatic nitrogens is 4. The van der Waals surface area contributed by atoms with Gasteiger partial charge in [-0.25, -0.2) is 4.79 Å². The number of carbonyl (C=O) groups is 1. The number of benzene rings is 1.